The highest BCUT2D eigenvalue weighted by molar-refractivity contribution is 7.89. The molecule has 3 fully saturated rings. The van der Waals surface area contributed by atoms with Crippen LogP contribution in [-0.4, -0.2) is 63.5 Å². The summed E-state index contributed by atoms with van der Waals surface area (Å²) in [5.74, 6) is -0.503. The van der Waals surface area contributed by atoms with Gasteiger partial charge >= 0.3 is 0 Å². The van der Waals surface area contributed by atoms with E-state index in [0.29, 0.717) is 25.4 Å². The van der Waals surface area contributed by atoms with E-state index < -0.39 is 10.0 Å². The molecule has 0 spiro atoms. The van der Waals surface area contributed by atoms with Crippen LogP contribution in [0.1, 0.15) is 44.9 Å². The van der Waals surface area contributed by atoms with Crippen molar-refractivity contribution >= 4 is 27.5 Å². The predicted octanol–water partition coefficient (Wildman–Crippen LogP) is 1.65. The van der Waals surface area contributed by atoms with Crippen LogP contribution in [0.15, 0.2) is 29.2 Å². The molecule has 0 aromatic heterocycles. The lowest BCUT2D eigenvalue weighted by molar-refractivity contribution is -0.121. The fourth-order valence-corrected chi connectivity index (χ4v) is 5.92. The number of sulfonamides is 1. The molecule has 3 aliphatic rings. The molecule has 1 aromatic rings. The first kappa shape index (κ1) is 21.4. The zero-order valence-electron chi connectivity index (χ0n) is 17.1. The van der Waals surface area contributed by atoms with E-state index in [2.05, 4.69) is 9.62 Å². The van der Waals surface area contributed by atoms with E-state index in [4.69, 9.17) is 4.74 Å². The zero-order chi connectivity index (χ0) is 21.2. The van der Waals surface area contributed by atoms with Crippen molar-refractivity contribution < 1.29 is 22.7 Å². The Morgan fingerprint density at radius 3 is 2.13 bits per heavy atom. The van der Waals surface area contributed by atoms with Crippen molar-refractivity contribution in [2.75, 3.05) is 37.7 Å². The van der Waals surface area contributed by atoms with Crippen LogP contribution in [0, 0.1) is 0 Å². The number of hydrogen-bond acceptors (Lipinski definition) is 6. The molecule has 164 valence electrons. The van der Waals surface area contributed by atoms with Gasteiger partial charge < -0.3 is 4.74 Å². The molecule has 1 N–H and O–H groups in total. The van der Waals surface area contributed by atoms with E-state index in [1.807, 2.05) is 0 Å². The number of benzene rings is 1. The number of ether oxygens (including phenoxy) is 1. The summed E-state index contributed by atoms with van der Waals surface area (Å²) in [6, 6.07) is 5.96. The lowest BCUT2D eigenvalue weighted by atomic mass is 9.80. The number of carbonyl (C=O) groups excluding carboxylic acids is 2. The third-order valence-electron chi connectivity index (χ3n) is 6.51. The van der Waals surface area contributed by atoms with Crippen molar-refractivity contribution in [3.8, 4) is 0 Å². The normalized spacial score (nSPS) is 23.1. The fraction of sp³-hybridized carbons (Fsp3) is 0.619. The van der Waals surface area contributed by atoms with E-state index in [1.54, 1.807) is 0 Å². The summed E-state index contributed by atoms with van der Waals surface area (Å²) < 4.78 is 34.2. The van der Waals surface area contributed by atoms with Crippen LogP contribution in [0.25, 0.3) is 0 Å². The van der Waals surface area contributed by atoms with E-state index in [1.165, 1.54) is 30.7 Å². The molecule has 8 nitrogen and oxygen atoms in total. The number of anilines is 1. The number of rotatable bonds is 6. The largest absolute Gasteiger partial charge is 0.379 e. The Morgan fingerprint density at radius 1 is 0.933 bits per heavy atom. The summed E-state index contributed by atoms with van der Waals surface area (Å²) in [4.78, 5) is 27.4. The molecule has 2 aliphatic heterocycles. The smallest absolute Gasteiger partial charge is 0.240 e. The van der Waals surface area contributed by atoms with E-state index in [-0.39, 0.29) is 35.1 Å². The molecule has 4 rings (SSSR count). The third-order valence-corrected chi connectivity index (χ3v) is 7.93. The number of morpholine rings is 1. The monoisotopic (exact) mass is 435 g/mol. The van der Waals surface area contributed by atoms with Crippen LogP contribution < -0.4 is 9.62 Å². The molecule has 0 unspecified atom stereocenters. The van der Waals surface area contributed by atoms with Gasteiger partial charge in [-0.2, -0.15) is 0 Å². The molecule has 2 saturated heterocycles. The van der Waals surface area contributed by atoms with Gasteiger partial charge in [0.1, 0.15) is 0 Å². The van der Waals surface area contributed by atoms with Crippen molar-refractivity contribution in [1.29, 1.82) is 0 Å². The minimum absolute atomic E-state index is 0.137. The van der Waals surface area contributed by atoms with Gasteiger partial charge in [-0.1, -0.05) is 19.3 Å². The molecule has 0 bridgehead atoms. The van der Waals surface area contributed by atoms with E-state index >= 15 is 0 Å². The number of amides is 2. The number of nitrogens with zero attached hydrogens (tertiary/aromatic N) is 2. The lowest BCUT2D eigenvalue weighted by Crippen LogP contribution is -2.59. The van der Waals surface area contributed by atoms with Gasteiger partial charge in [-0.15, -0.1) is 0 Å². The highest BCUT2D eigenvalue weighted by Gasteiger charge is 2.39. The Balaban J connectivity index is 1.47. The molecule has 0 radical (unpaired) electrons. The minimum atomic E-state index is -3.70. The van der Waals surface area contributed by atoms with Gasteiger partial charge in [0.2, 0.25) is 21.8 Å². The predicted molar refractivity (Wildman–Crippen MR) is 112 cm³/mol. The van der Waals surface area contributed by atoms with Crippen LogP contribution in [-0.2, 0) is 24.3 Å². The molecule has 2 amide bonds. The first-order valence-electron chi connectivity index (χ1n) is 10.7. The quantitative estimate of drug-likeness (QED) is 0.683. The van der Waals surface area contributed by atoms with Crippen LogP contribution in [0.4, 0.5) is 5.69 Å². The molecular formula is C21H29N3O5S. The number of hydrogen-bond donors (Lipinski definition) is 1. The van der Waals surface area contributed by atoms with Crippen molar-refractivity contribution in [1.82, 2.24) is 9.62 Å². The average molecular weight is 436 g/mol. The van der Waals surface area contributed by atoms with Crippen LogP contribution in [0.5, 0.6) is 0 Å². The second-order valence-electron chi connectivity index (χ2n) is 8.33. The highest BCUT2D eigenvalue weighted by Crippen LogP contribution is 2.34. The van der Waals surface area contributed by atoms with Crippen LogP contribution in [0.2, 0.25) is 0 Å². The number of imide groups is 1. The number of carbonyl (C=O) groups is 2. The van der Waals surface area contributed by atoms with Crippen LogP contribution >= 0.6 is 0 Å². The van der Waals surface area contributed by atoms with Gasteiger partial charge in [-0.3, -0.25) is 19.4 Å². The maximum Gasteiger partial charge on any atom is 0.240 e. The second-order valence-corrected chi connectivity index (χ2v) is 10.1. The molecule has 1 aromatic carbocycles. The lowest BCUT2D eigenvalue weighted by Gasteiger charge is -2.48. The standard InChI is InChI=1S/C21H29N3O5S/c25-19-8-9-20(26)24(19)17-4-6-18(7-5-17)30(27,28)22-16-21(10-2-1-3-11-21)23-12-14-29-15-13-23/h4-7,22H,1-3,8-16H2. The highest BCUT2D eigenvalue weighted by atomic mass is 32.2. The van der Waals surface area contributed by atoms with Crippen molar-refractivity contribution in [3.63, 3.8) is 0 Å². The van der Waals surface area contributed by atoms with Crippen molar-refractivity contribution in [3.05, 3.63) is 24.3 Å². The summed E-state index contributed by atoms with van der Waals surface area (Å²) >= 11 is 0. The van der Waals surface area contributed by atoms with E-state index in [0.717, 1.165) is 43.7 Å². The second kappa shape index (κ2) is 8.74. The molecule has 1 aliphatic carbocycles. The van der Waals surface area contributed by atoms with Gasteiger partial charge in [0.15, 0.2) is 0 Å². The SMILES string of the molecule is O=C1CCC(=O)N1c1ccc(S(=O)(=O)NCC2(N3CCOCC3)CCCCC2)cc1. The van der Waals surface area contributed by atoms with Gasteiger partial charge in [0.05, 0.1) is 23.8 Å². The van der Waals surface area contributed by atoms with E-state index in [9.17, 15) is 18.0 Å². The Hall–Kier alpha value is -1.81. The fourth-order valence-electron chi connectivity index (χ4n) is 4.80. The summed E-state index contributed by atoms with van der Waals surface area (Å²) in [6.45, 7) is 3.40. The molecular weight excluding hydrogens is 406 g/mol. The molecule has 1 saturated carbocycles. The first-order valence-corrected chi connectivity index (χ1v) is 12.2. The van der Waals surface area contributed by atoms with Gasteiger partial charge in [-0.05, 0) is 37.1 Å². The molecule has 2 heterocycles. The van der Waals surface area contributed by atoms with Crippen LogP contribution in [0.3, 0.4) is 0 Å². The topological polar surface area (TPSA) is 96.0 Å². The summed E-state index contributed by atoms with van der Waals surface area (Å²) in [7, 11) is -3.70. The van der Waals surface area contributed by atoms with Gasteiger partial charge in [0, 0.05) is 38.0 Å². The molecule has 0 atom stereocenters. The van der Waals surface area contributed by atoms with Gasteiger partial charge in [-0.25, -0.2) is 13.1 Å². The van der Waals surface area contributed by atoms with Crippen molar-refractivity contribution in [2.24, 2.45) is 0 Å². The Kier molecular flexibility index (Phi) is 6.24. The molecule has 30 heavy (non-hydrogen) atoms. The molecule has 9 heteroatoms. The third kappa shape index (κ3) is 4.30. The summed E-state index contributed by atoms with van der Waals surface area (Å²) in [5.41, 5.74) is 0.252. The Labute approximate surface area is 177 Å². The zero-order valence-corrected chi connectivity index (χ0v) is 18.0. The Morgan fingerprint density at radius 2 is 1.53 bits per heavy atom. The van der Waals surface area contributed by atoms with Gasteiger partial charge in [0.25, 0.3) is 0 Å². The first-order chi connectivity index (χ1) is 14.4. The minimum Gasteiger partial charge on any atom is -0.379 e. The summed E-state index contributed by atoms with van der Waals surface area (Å²) in [6.07, 6.45) is 5.75. The van der Waals surface area contributed by atoms with Crippen molar-refractivity contribution in [2.45, 2.75) is 55.4 Å². The Bertz CT molecular complexity index is 872. The maximum absolute atomic E-state index is 13.0. The average Bonchev–Trinajstić information content (AvgIpc) is 3.12. The summed E-state index contributed by atoms with van der Waals surface area (Å²) in [5, 5.41) is 0. The maximum atomic E-state index is 13.0. The number of nitrogens with one attached hydrogen (secondary N) is 1.